The summed E-state index contributed by atoms with van der Waals surface area (Å²) in [7, 11) is 0. The first-order chi connectivity index (χ1) is 14.8. The van der Waals surface area contributed by atoms with Gasteiger partial charge in [-0.25, -0.2) is 4.98 Å². The minimum absolute atomic E-state index is 0.101. The van der Waals surface area contributed by atoms with Gasteiger partial charge in [0, 0.05) is 49.4 Å². The molecule has 0 radical (unpaired) electrons. The lowest BCUT2D eigenvalue weighted by molar-refractivity contribution is -0.0442. The molecule has 0 spiro atoms. The van der Waals surface area contributed by atoms with Crippen LogP contribution in [0.3, 0.4) is 0 Å². The zero-order chi connectivity index (χ0) is 20.3. The summed E-state index contributed by atoms with van der Waals surface area (Å²) in [5.74, 6) is 1.32. The van der Waals surface area contributed by atoms with Crippen molar-refractivity contribution in [2.75, 3.05) is 39.4 Å². The van der Waals surface area contributed by atoms with Gasteiger partial charge in [0.15, 0.2) is 0 Å². The molecule has 2 aliphatic rings. The van der Waals surface area contributed by atoms with Gasteiger partial charge in [0.25, 0.3) is 0 Å². The minimum Gasteiger partial charge on any atom is -0.344 e. The molecule has 2 saturated heterocycles. The SMILES string of the molecule is C[C@@H](c1nc(-c2ccccc2)no1)N1CCN(Cc2cnc(C3OCCO3)s2)CC1. The summed E-state index contributed by atoms with van der Waals surface area (Å²) < 4.78 is 16.6. The van der Waals surface area contributed by atoms with Crippen LogP contribution >= 0.6 is 11.3 Å². The fraction of sp³-hybridized carbons (Fsp3) is 0.476. The second kappa shape index (κ2) is 8.91. The molecule has 158 valence electrons. The van der Waals surface area contributed by atoms with Crippen molar-refractivity contribution in [3.63, 3.8) is 0 Å². The van der Waals surface area contributed by atoms with Gasteiger partial charge in [0.05, 0.1) is 19.3 Å². The van der Waals surface area contributed by atoms with Gasteiger partial charge in [-0.1, -0.05) is 35.5 Å². The van der Waals surface area contributed by atoms with Crippen molar-refractivity contribution in [1.29, 1.82) is 0 Å². The number of rotatable bonds is 6. The second-order valence-electron chi connectivity index (χ2n) is 7.55. The maximum atomic E-state index is 5.56. The average molecular weight is 428 g/mol. The molecule has 1 atom stereocenters. The third-order valence-electron chi connectivity index (χ3n) is 5.56. The van der Waals surface area contributed by atoms with E-state index in [1.807, 2.05) is 36.5 Å². The highest BCUT2D eigenvalue weighted by Gasteiger charge is 2.27. The number of thiazole rings is 1. The molecular weight excluding hydrogens is 402 g/mol. The summed E-state index contributed by atoms with van der Waals surface area (Å²) in [6.07, 6.45) is 1.67. The molecule has 0 aliphatic carbocycles. The van der Waals surface area contributed by atoms with Crippen LogP contribution in [0.4, 0.5) is 0 Å². The lowest BCUT2D eigenvalue weighted by Gasteiger charge is -2.36. The van der Waals surface area contributed by atoms with Crippen molar-refractivity contribution in [2.24, 2.45) is 0 Å². The van der Waals surface area contributed by atoms with E-state index in [9.17, 15) is 0 Å². The number of piperazine rings is 1. The van der Waals surface area contributed by atoms with Crippen LogP contribution in [0.5, 0.6) is 0 Å². The zero-order valence-corrected chi connectivity index (χ0v) is 17.8. The molecule has 0 unspecified atom stereocenters. The van der Waals surface area contributed by atoms with Crippen LogP contribution in [0.2, 0.25) is 0 Å². The summed E-state index contributed by atoms with van der Waals surface area (Å²) >= 11 is 1.68. The van der Waals surface area contributed by atoms with Crippen molar-refractivity contribution in [2.45, 2.75) is 25.8 Å². The summed E-state index contributed by atoms with van der Waals surface area (Å²) in [4.78, 5) is 15.2. The van der Waals surface area contributed by atoms with Crippen LogP contribution in [0, 0.1) is 0 Å². The Balaban J connectivity index is 1.15. The normalized spacial score (nSPS) is 20.0. The number of hydrogen-bond acceptors (Lipinski definition) is 9. The van der Waals surface area contributed by atoms with E-state index in [4.69, 9.17) is 14.0 Å². The van der Waals surface area contributed by atoms with E-state index in [2.05, 4.69) is 31.8 Å². The quantitative estimate of drug-likeness (QED) is 0.594. The van der Waals surface area contributed by atoms with E-state index in [0.717, 1.165) is 43.3 Å². The van der Waals surface area contributed by atoms with E-state index >= 15 is 0 Å². The predicted molar refractivity (Wildman–Crippen MR) is 112 cm³/mol. The number of aromatic nitrogens is 3. The van der Waals surface area contributed by atoms with E-state index < -0.39 is 0 Å². The van der Waals surface area contributed by atoms with Crippen LogP contribution in [0.25, 0.3) is 11.4 Å². The fourth-order valence-corrected chi connectivity index (χ4v) is 4.76. The highest BCUT2D eigenvalue weighted by Crippen LogP contribution is 2.28. The molecule has 2 aliphatic heterocycles. The summed E-state index contributed by atoms with van der Waals surface area (Å²) in [5, 5.41) is 5.08. The van der Waals surface area contributed by atoms with Gasteiger partial charge in [-0.2, -0.15) is 4.98 Å². The van der Waals surface area contributed by atoms with Gasteiger partial charge in [-0.3, -0.25) is 9.80 Å². The first-order valence-electron chi connectivity index (χ1n) is 10.3. The maximum Gasteiger partial charge on any atom is 0.244 e. The Morgan fingerprint density at radius 3 is 2.63 bits per heavy atom. The standard InChI is InChI=1S/C21H25N5O3S/c1-15(19-23-18(24-29-19)16-5-3-2-4-6-16)26-9-7-25(8-10-26)14-17-13-22-20(30-17)21-27-11-12-28-21/h2-6,13,15,21H,7-12,14H2,1H3/t15-/m0/s1. The monoisotopic (exact) mass is 427 g/mol. The Hall–Kier alpha value is -2.17. The number of ether oxygens (including phenoxy) is 2. The molecule has 0 amide bonds. The number of hydrogen-bond donors (Lipinski definition) is 0. The fourth-order valence-electron chi connectivity index (χ4n) is 3.80. The minimum atomic E-state index is -0.281. The van der Waals surface area contributed by atoms with E-state index in [0.29, 0.717) is 24.9 Å². The molecule has 1 aromatic carbocycles. The van der Waals surface area contributed by atoms with E-state index in [1.54, 1.807) is 11.3 Å². The lowest BCUT2D eigenvalue weighted by atomic mass is 10.2. The Kier molecular flexibility index (Phi) is 5.87. The molecule has 2 fully saturated rings. The van der Waals surface area contributed by atoms with Gasteiger partial charge in [0.2, 0.25) is 18.0 Å². The summed E-state index contributed by atoms with van der Waals surface area (Å²) in [5.41, 5.74) is 0.974. The Morgan fingerprint density at radius 1 is 1.10 bits per heavy atom. The molecule has 3 aromatic rings. The molecule has 30 heavy (non-hydrogen) atoms. The Bertz CT molecular complexity index is 948. The first kappa shape index (κ1) is 19.8. The molecule has 4 heterocycles. The van der Waals surface area contributed by atoms with Crippen molar-refractivity contribution in [1.82, 2.24) is 24.9 Å². The lowest BCUT2D eigenvalue weighted by Crippen LogP contribution is -2.46. The molecule has 0 bridgehead atoms. The highest BCUT2D eigenvalue weighted by molar-refractivity contribution is 7.11. The molecule has 0 saturated carbocycles. The third-order valence-corrected chi connectivity index (χ3v) is 6.56. The van der Waals surface area contributed by atoms with Gasteiger partial charge in [0.1, 0.15) is 5.01 Å². The second-order valence-corrected chi connectivity index (χ2v) is 8.70. The van der Waals surface area contributed by atoms with Crippen LogP contribution in [0.15, 0.2) is 41.1 Å². The topological polar surface area (TPSA) is 76.8 Å². The molecule has 0 N–H and O–H groups in total. The van der Waals surface area contributed by atoms with Crippen LogP contribution in [0.1, 0.15) is 35.0 Å². The average Bonchev–Trinajstić information content (AvgIpc) is 3.56. The zero-order valence-electron chi connectivity index (χ0n) is 16.9. The van der Waals surface area contributed by atoms with Crippen LogP contribution in [-0.4, -0.2) is 64.3 Å². The third kappa shape index (κ3) is 4.30. The first-order valence-corrected chi connectivity index (χ1v) is 11.1. The summed E-state index contributed by atoms with van der Waals surface area (Å²) in [6, 6.07) is 10.0. The van der Waals surface area contributed by atoms with Crippen molar-refractivity contribution < 1.29 is 14.0 Å². The van der Waals surface area contributed by atoms with Gasteiger partial charge >= 0.3 is 0 Å². The van der Waals surface area contributed by atoms with Crippen molar-refractivity contribution in [3.05, 3.63) is 52.3 Å². The molecular formula is C21H25N5O3S. The molecule has 5 rings (SSSR count). The predicted octanol–water partition coefficient (Wildman–Crippen LogP) is 3.12. The van der Waals surface area contributed by atoms with Crippen LogP contribution in [-0.2, 0) is 16.0 Å². The highest BCUT2D eigenvalue weighted by atomic mass is 32.1. The van der Waals surface area contributed by atoms with Crippen LogP contribution < -0.4 is 0 Å². The van der Waals surface area contributed by atoms with Crippen molar-refractivity contribution >= 4 is 11.3 Å². The van der Waals surface area contributed by atoms with Crippen molar-refractivity contribution in [3.8, 4) is 11.4 Å². The molecule has 2 aromatic heterocycles. The van der Waals surface area contributed by atoms with Gasteiger partial charge in [-0.15, -0.1) is 11.3 Å². The number of nitrogens with zero attached hydrogens (tertiary/aromatic N) is 5. The maximum absolute atomic E-state index is 5.56. The Morgan fingerprint density at radius 2 is 1.87 bits per heavy atom. The molecule has 9 heteroatoms. The smallest absolute Gasteiger partial charge is 0.244 e. The molecule has 8 nitrogen and oxygen atoms in total. The van der Waals surface area contributed by atoms with Gasteiger partial charge < -0.3 is 14.0 Å². The summed E-state index contributed by atoms with van der Waals surface area (Å²) in [6.45, 7) is 8.25. The number of benzene rings is 1. The van der Waals surface area contributed by atoms with E-state index in [1.165, 1.54) is 4.88 Å². The van der Waals surface area contributed by atoms with E-state index in [-0.39, 0.29) is 12.3 Å². The van der Waals surface area contributed by atoms with Gasteiger partial charge in [-0.05, 0) is 6.92 Å². The largest absolute Gasteiger partial charge is 0.344 e. The Labute approximate surface area is 179 Å².